The van der Waals surface area contributed by atoms with Crippen molar-refractivity contribution in [3.63, 3.8) is 0 Å². The van der Waals surface area contributed by atoms with Gasteiger partial charge in [-0.2, -0.15) is 0 Å². The number of anilines is 1. The number of aromatic hydroxyl groups is 1. The Morgan fingerprint density at radius 2 is 1.78 bits per heavy atom. The molecular weight excluding hydrogens is 292 g/mol. The summed E-state index contributed by atoms with van der Waals surface area (Å²) in [4.78, 5) is 4.36. The van der Waals surface area contributed by atoms with E-state index in [1.165, 1.54) is 0 Å². The molecule has 0 atom stereocenters. The summed E-state index contributed by atoms with van der Waals surface area (Å²) < 4.78 is 10.4. The smallest absolute Gasteiger partial charge is 0.200 e. The lowest BCUT2D eigenvalue weighted by molar-refractivity contribution is -0.108. The van der Waals surface area contributed by atoms with Crippen molar-refractivity contribution in [2.75, 3.05) is 20.0 Å². The van der Waals surface area contributed by atoms with Crippen molar-refractivity contribution in [1.82, 2.24) is 4.98 Å². The number of methoxy groups -OCH3 is 2. The number of rotatable bonds is 4. The zero-order valence-corrected chi connectivity index (χ0v) is 14.3. The second kappa shape index (κ2) is 6.56. The first-order valence-corrected chi connectivity index (χ1v) is 7.42. The number of hydrogen-bond acceptors (Lipinski definition) is 5. The summed E-state index contributed by atoms with van der Waals surface area (Å²) >= 11 is 0. The van der Waals surface area contributed by atoms with Crippen LogP contribution in [0.4, 0.5) is 5.69 Å². The van der Waals surface area contributed by atoms with E-state index in [1.807, 2.05) is 24.3 Å². The second-order valence-corrected chi connectivity index (χ2v) is 6.49. The summed E-state index contributed by atoms with van der Waals surface area (Å²) in [6.45, 7) is 6.31. The van der Waals surface area contributed by atoms with Crippen molar-refractivity contribution in [1.29, 1.82) is 0 Å². The summed E-state index contributed by atoms with van der Waals surface area (Å²) in [5.41, 5.74) is 9.44. The average Bonchev–Trinajstić information content (AvgIpc) is 2.51. The number of phenols is 1. The summed E-state index contributed by atoms with van der Waals surface area (Å²) in [7, 11) is 3.12. The van der Waals surface area contributed by atoms with Crippen molar-refractivity contribution in [2.45, 2.75) is 32.5 Å². The molecule has 0 spiro atoms. The van der Waals surface area contributed by atoms with E-state index >= 15 is 0 Å². The first-order valence-electron chi connectivity index (χ1n) is 7.42. The van der Waals surface area contributed by atoms with Gasteiger partial charge in [0.15, 0.2) is 0 Å². The molecule has 0 radical (unpaired) electrons. The lowest BCUT2D eigenvalue weighted by atomic mass is 9.85. The Morgan fingerprint density at radius 3 is 2.26 bits per heavy atom. The van der Waals surface area contributed by atoms with Gasteiger partial charge in [-0.3, -0.25) is 4.98 Å². The standard InChI is InChI=1S/C18H24N2O3/c1-18(2,3)12-8-13(16(21)14(19)9-12)11-6-7-15(20-10-11)17(22-4)23-5/h6-10,17,21H,19H2,1-5H3. The maximum Gasteiger partial charge on any atom is 0.200 e. The predicted molar refractivity (Wildman–Crippen MR) is 91.2 cm³/mol. The minimum atomic E-state index is -0.511. The van der Waals surface area contributed by atoms with E-state index in [0.717, 1.165) is 11.1 Å². The molecule has 0 fully saturated rings. The van der Waals surface area contributed by atoms with Crippen molar-refractivity contribution in [2.24, 2.45) is 0 Å². The number of benzene rings is 1. The van der Waals surface area contributed by atoms with E-state index in [-0.39, 0.29) is 11.2 Å². The normalized spacial score (nSPS) is 11.9. The van der Waals surface area contributed by atoms with Gasteiger partial charge in [-0.25, -0.2) is 0 Å². The molecule has 2 aromatic rings. The van der Waals surface area contributed by atoms with Gasteiger partial charge in [-0.1, -0.05) is 26.8 Å². The molecule has 1 aromatic heterocycles. The molecule has 23 heavy (non-hydrogen) atoms. The topological polar surface area (TPSA) is 77.6 Å². The van der Waals surface area contributed by atoms with Gasteiger partial charge in [0.1, 0.15) is 5.75 Å². The molecule has 1 heterocycles. The zero-order chi connectivity index (χ0) is 17.2. The van der Waals surface area contributed by atoms with Crippen LogP contribution >= 0.6 is 0 Å². The quantitative estimate of drug-likeness (QED) is 0.512. The SMILES string of the molecule is COC(OC)c1ccc(-c2cc(C(C)(C)C)cc(N)c2O)cn1. The van der Waals surface area contributed by atoms with E-state index in [1.54, 1.807) is 20.4 Å². The van der Waals surface area contributed by atoms with Crippen molar-refractivity contribution in [3.05, 3.63) is 41.7 Å². The number of ether oxygens (including phenoxy) is 2. The van der Waals surface area contributed by atoms with Gasteiger partial charge >= 0.3 is 0 Å². The molecule has 0 saturated carbocycles. The number of phenolic OH excluding ortho intramolecular Hbond substituents is 1. The van der Waals surface area contributed by atoms with Gasteiger partial charge in [-0.15, -0.1) is 0 Å². The molecule has 0 aliphatic rings. The van der Waals surface area contributed by atoms with Crippen LogP contribution in [0.3, 0.4) is 0 Å². The van der Waals surface area contributed by atoms with Crippen molar-refractivity contribution in [3.8, 4) is 16.9 Å². The van der Waals surface area contributed by atoms with Gasteiger partial charge in [0.05, 0.1) is 11.4 Å². The molecule has 1 aromatic carbocycles. The van der Waals surface area contributed by atoms with Gasteiger partial charge in [-0.05, 0) is 29.2 Å². The number of nitrogen functional groups attached to an aromatic ring is 1. The van der Waals surface area contributed by atoms with Crippen LogP contribution in [0.5, 0.6) is 5.75 Å². The van der Waals surface area contributed by atoms with Crippen molar-refractivity contribution >= 4 is 5.69 Å². The Bertz CT molecular complexity index is 672. The summed E-state index contributed by atoms with van der Waals surface area (Å²) in [6, 6.07) is 7.44. The van der Waals surface area contributed by atoms with Gasteiger partial charge in [0.2, 0.25) is 6.29 Å². The maximum absolute atomic E-state index is 10.3. The highest BCUT2D eigenvalue weighted by molar-refractivity contribution is 5.77. The monoisotopic (exact) mass is 316 g/mol. The zero-order valence-electron chi connectivity index (χ0n) is 14.3. The van der Waals surface area contributed by atoms with Crippen LogP contribution in [0.15, 0.2) is 30.5 Å². The first kappa shape index (κ1) is 17.2. The number of pyridine rings is 1. The molecule has 5 heteroatoms. The Morgan fingerprint density at radius 1 is 1.13 bits per heavy atom. The predicted octanol–water partition coefficient (Wildman–Crippen LogP) is 3.63. The molecule has 0 aliphatic carbocycles. The number of nitrogens with zero attached hydrogens (tertiary/aromatic N) is 1. The Labute approximate surface area is 137 Å². The largest absolute Gasteiger partial charge is 0.505 e. The van der Waals surface area contributed by atoms with Gasteiger partial charge in [0, 0.05) is 31.5 Å². The Balaban J connectivity index is 2.48. The lowest BCUT2D eigenvalue weighted by Crippen LogP contribution is -2.12. The second-order valence-electron chi connectivity index (χ2n) is 6.49. The minimum Gasteiger partial charge on any atom is -0.505 e. The van der Waals surface area contributed by atoms with Crippen LogP contribution in [-0.4, -0.2) is 24.3 Å². The fourth-order valence-electron chi connectivity index (χ4n) is 2.35. The number of aromatic nitrogens is 1. The van der Waals surface area contributed by atoms with E-state index in [0.29, 0.717) is 16.9 Å². The summed E-state index contributed by atoms with van der Waals surface area (Å²) in [5.74, 6) is 0.0718. The maximum atomic E-state index is 10.3. The molecule has 0 saturated heterocycles. The van der Waals surface area contributed by atoms with Crippen molar-refractivity contribution < 1.29 is 14.6 Å². The van der Waals surface area contributed by atoms with E-state index in [9.17, 15) is 5.11 Å². The fraction of sp³-hybridized carbons (Fsp3) is 0.389. The van der Waals surface area contributed by atoms with Crippen LogP contribution < -0.4 is 5.73 Å². The van der Waals surface area contributed by atoms with Crippen LogP contribution in [0.25, 0.3) is 11.1 Å². The van der Waals surface area contributed by atoms with E-state index < -0.39 is 6.29 Å². The first-order chi connectivity index (χ1) is 10.8. The third kappa shape index (κ3) is 3.63. The average molecular weight is 316 g/mol. The summed E-state index contributed by atoms with van der Waals surface area (Å²) in [6.07, 6.45) is 1.17. The third-order valence-electron chi connectivity index (χ3n) is 3.77. The summed E-state index contributed by atoms with van der Waals surface area (Å²) in [5, 5.41) is 10.3. The number of hydrogen-bond donors (Lipinski definition) is 2. The van der Waals surface area contributed by atoms with Crippen LogP contribution in [-0.2, 0) is 14.9 Å². The van der Waals surface area contributed by atoms with E-state index in [2.05, 4.69) is 25.8 Å². The minimum absolute atomic E-state index is 0.0683. The molecular formula is C18H24N2O3. The Hall–Kier alpha value is -2.11. The van der Waals surface area contributed by atoms with Gasteiger partial charge in [0.25, 0.3) is 0 Å². The third-order valence-corrected chi connectivity index (χ3v) is 3.77. The Kier molecular flexibility index (Phi) is 4.92. The van der Waals surface area contributed by atoms with Crippen LogP contribution in [0, 0.1) is 0 Å². The molecule has 0 bridgehead atoms. The van der Waals surface area contributed by atoms with Crippen LogP contribution in [0.1, 0.15) is 38.3 Å². The van der Waals surface area contributed by atoms with E-state index in [4.69, 9.17) is 15.2 Å². The molecule has 0 aliphatic heterocycles. The number of nitrogens with two attached hydrogens (primary N) is 1. The fourth-order valence-corrected chi connectivity index (χ4v) is 2.35. The molecule has 5 nitrogen and oxygen atoms in total. The lowest BCUT2D eigenvalue weighted by Gasteiger charge is -2.21. The highest BCUT2D eigenvalue weighted by Gasteiger charge is 2.19. The highest BCUT2D eigenvalue weighted by Crippen LogP contribution is 2.38. The van der Waals surface area contributed by atoms with Crippen LogP contribution in [0.2, 0.25) is 0 Å². The van der Waals surface area contributed by atoms with Gasteiger partial charge < -0.3 is 20.3 Å². The molecule has 124 valence electrons. The molecule has 3 N–H and O–H groups in total. The molecule has 0 amide bonds. The molecule has 2 rings (SSSR count). The highest BCUT2D eigenvalue weighted by atomic mass is 16.7. The molecule has 0 unspecified atom stereocenters.